The molecule has 3 heterocycles. The van der Waals surface area contributed by atoms with Crippen LogP contribution in [0.1, 0.15) is 46.8 Å². The number of halogens is 5. The number of fused-ring (bicyclic) bond motifs is 2. The Morgan fingerprint density at radius 3 is 2.49 bits per heavy atom. The van der Waals surface area contributed by atoms with Gasteiger partial charge in [-0.1, -0.05) is 13.0 Å². The van der Waals surface area contributed by atoms with Crippen molar-refractivity contribution >= 4 is 26.8 Å². The van der Waals surface area contributed by atoms with E-state index in [0.717, 1.165) is 29.0 Å². The monoisotopic (exact) mass is 626 g/mol. The van der Waals surface area contributed by atoms with Crippen LogP contribution < -0.4 is 14.8 Å². The Bertz CT molecular complexity index is 1790. The number of carbonyl (C=O) groups is 1. The van der Waals surface area contributed by atoms with E-state index in [-0.39, 0.29) is 63.0 Å². The molecule has 0 spiro atoms. The number of aromatic nitrogens is 3. The van der Waals surface area contributed by atoms with Crippen molar-refractivity contribution in [2.75, 3.05) is 12.4 Å². The van der Waals surface area contributed by atoms with E-state index in [1.807, 2.05) is 0 Å². The standard InChI is InChI=1S/C27H23F5N4O6S/c1-2-43(39,40)17-5-6-18(33-13-17)19(9-10-37)34-24(38)16-4-7-21-20(12-16)35-25(26(28,29)30)36(21)14-15-3-8-22-23(11-15)42-27(31,32)41-22/h3-8,11-13,19,37H,2,9-10,14H2,1H3,(H,34,38)/t19-/m0/s1. The lowest BCUT2D eigenvalue weighted by atomic mass is 10.1. The van der Waals surface area contributed by atoms with E-state index >= 15 is 0 Å². The van der Waals surface area contributed by atoms with Crippen molar-refractivity contribution in [2.45, 2.75) is 43.3 Å². The molecule has 0 fully saturated rings. The molecule has 0 radical (unpaired) electrons. The molecule has 10 nitrogen and oxygen atoms in total. The molecule has 5 rings (SSSR count). The molecule has 1 aliphatic heterocycles. The van der Waals surface area contributed by atoms with E-state index in [1.54, 1.807) is 0 Å². The van der Waals surface area contributed by atoms with Crippen molar-refractivity contribution in [2.24, 2.45) is 0 Å². The van der Waals surface area contributed by atoms with Gasteiger partial charge >= 0.3 is 12.5 Å². The molecule has 2 aromatic carbocycles. The molecular formula is C27H23F5N4O6S. The molecule has 0 aliphatic carbocycles. The number of rotatable bonds is 9. The van der Waals surface area contributed by atoms with Gasteiger partial charge in [0.1, 0.15) is 0 Å². The third-order valence-corrected chi connectivity index (χ3v) is 8.37. The molecule has 1 amide bonds. The number of aliphatic hydroxyl groups excluding tert-OH is 1. The number of hydrogen-bond donors (Lipinski definition) is 2. The number of benzene rings is 2. The zero-order valence-corrected chi connectivity index (χ0v) is 23.0. The van der Waals surface area contributed by atoms with Gasteiger partial charge in [-0.25, -0.2) is 13.4 Å². The van der Waals surface area contributed by atoms with E-state index in [9.17, 15) is 40.3 Å². The largest absolute Gasteiger partial charge is 0.586 e. The SMILES string of the molecule is CCS(=O)(=O)c1ccc([C@H](CCO)NC(=O)c2ccc3c(c2)nc(C(F)(F)F)n3Cc2ccc3c(c2)OC(F)(F)O3)nc1. The Hall–Kier alpha value is -4.31. The topological polar surface area (TPSA) is 133 Å². The van der Waals surface area contributed by atoms with Crippen LogP contribution >= 0.6 is 0 Å². The van der Waals surface area contributed by atoms with E-state index in [1.165, 1.54) is 37.3 Å². The van der Waals surface area contributed by atoms with Gasteiger partial charge in [0.05, 0.1) is 33.4 Å². The molecule has 43 heavy (non-hydrogen) atoms. The number of sulfone groups is 1. The second kappa shape index (κ2) is 11.1. The summed E-state index contributed by atoms with van der Waals surface area (Å²) in [6.07, 6.45) is -7.61. The molecule has 2 N–H and O–H groups in total. The quantitative estimate of drug-likeness (QED) is 0.260. The summed E-state index contributed by atoms with van der Waals surface area (Å²) < 4.78 is 102. The number of nitrogens with one attached hydrogen (secondary N) is 1. The zero-order chi connectivity index (χ0) is 31.2. The van der Waals surface area contributed by atoms with Crippen LogP contribution in [0.2, 0.25) is 0 Å². The fourth-order valence-electron chi connectivity index (χ4n) is 4.53. The van der Waals surface area contributed by atoms with Crippen molar-refractivity contribution in [3.63, 3.8) is 0 Å². The van der Waals surface area contributed by atoms with Gasteiger partial charge in [-0.3, -0.25) is 9.78 Å². The van der Waals surface area contributed by atoms with E-state index in [4.69, 9.17) is 0 Å². The minimum atomic E-state index is -4.89. The molecule has 228 valence electrons. The van der Waals surface area contributed by atoms with Crippen molar-refractivity contribution in [3.8, 4) is 11.5 Å². The van der Waals surface area contributed by atoms with E-state index in [2.05, 4.69) is 24.8 Å². The minimum Gasteiger partial charge on any atom is -0.396 e. The maximum atomic E-state index is 14.0. The van der Waals surface area contributed by atoms with Gasteiger partial charge in [0.25, 0.3) is 5.91 Å². The number of aliphatic hydroxyl groups is 1. The van der Waals surface area contributed by atoms with Crippen molar-refractivity contribution < 1.29 is 49.7 Å². The van der Waals surface area contributed by atoms with Crippen LogP contribution in [0.3, 0.4) is 0 Å². The highest BCUT2D eigenvalue weighted by Crippen LogP contribution is 2.42. The van der Waals surface area contributed by atoms with Gasteiger partial charge in [0.15, 0.2) is 21.3 Å². The number of ether oxygens (including phenoxy) is 2. The van der Waals surface area contributed by atoms with E-state index < -0.39 is 46.6 Å². The second-order valence-electron chi connectivity index (χ2n) is 9.53. The smallest absolute Gasteiger partial charge is 0.396 e. The first-order chi connectivity index (χ1) is 20.2. The number of hydrogen-bond acceptors (Lipinski definition) is 8. The third kappa shape index (κ3) is 6.24. The molecule has 0 saturated heterocycles. The molecule has 0 bridgehead atoms. The predicted octanol–water partition coefficient (Wildman–Crippen LogP) is 4.47. The zero-order valence-electron chi connectivity index (χ0n) is 22.2. The van der Waals surface area contributed by atoms with Crippen LogP contribution in [0.4, 0.5) is 22.0 Å². The summed E-state index contributed by atoms with van der Waals surface area (Å²) in [7, 11) is -3.51. The first-order valence-electron chi connectivity index (χ1n) is 12.8. The summed E-state index contributed by atoms with van der Waals surface area (Å²) in [5.41, 5.74) is 0.295. The molecular weight excluding hydrogens is 603 g/mol. The predicted molar refractivity (Wildman–Crippen MR) is 140 cm³/mol. The maximum absolute atomic E-state index is 14.0. The van der Waals surface area contributed by atoms with Gasteiger partial charge in [0, 0.05) is 24.9 Å². The molecule has 0 saturated carbocycles. The highest BCUT2D eigenvalue weighted by molar-refractivity contribution is 7.91. The molecule has 4 aromatic rings. The number of alkyl halides is 5. The second-order valence-corrected chi connectivity index (χ2v) is 11.8. The Balaban J connectivity index is 1.42. The number of amides is 1. The van der Waals surface area contributed by atoms with E-state index in [0.29, 0.717) is 0 Å². The fourth-order valence-corrected chi connectivity index (χ4v) is 5.36. The normalized spacial score (nSPS) is 15.0. The van der Waals surface area contributed by atoms with Gasteiger partial charge in [-0.05, 0) is 54.4 Å². The summed E-state index contributed by atoms with van der Waals surface area (Å²) in [6, 6.07) is 9.25. The Morgan fingerprint density at radius 1 is 1.09 bits per heavy atom. The van der Waals surface area contributed by atoms with Crippen molar-refractivity contribution in [3.05, 3.63) is 77.4 Å². The Morgan fingerprint density at radius 2 is 1.84 bits per heavy atom. The van der Waals surface area contributed by atoms with Gasteiger partial charge in [-0.2, -0.15) is 13.2 Å². The average Bonchev–Trinajstić information content (AvgIpc) is 3.47. The van der Waals surface area contributed by atoms with Crippen LogP contribution in [0.25, 0.3) is 11.0 Å². The summed E-state index contributed by atoms with van der Waals surface area (Å²) >= 11 is 0. The van der Waals surface area contributed by atoms with Gasteiger partial charge in [0.2, 0.25) is 5.82 Å². The van der Waals surface area contributed by atoms with Crippen LogP contribution in [-0.4, -0.2) is 52.6 Å². The molecule has 0 unspecified atom stereocenters. The number of nitrogens with zero attached hydrogens (tertiary/aromatic N) is 3. The highest BCUT2D eigenvalue weighted by Gasteiger charge is 2.43. The number of carbonyl (C=O) groups excluding carboxylic acids is 1. The Labute approximate surface area is 241 Å². The molecule has 1 aliphatic rings. The third-order valence-electron chi connectivity index (χ3n) is 6.65. The molecule has 2 aromatic heterocycles. The lowest BCUT2D eigenvalue weighted by molar-refractivity contribution is -0.286. The highest BCUT2D eigenvalue weighted by atomic mass is 32.2. The van der Waals surface area contributed by atoms with Crippen LogP contribution in [-0.2, 0) is 22.6 Å². The lowest BCUT2D eigenvalue weighted by Crippen LogP contribution is -2.30. The maximum Gasteiger partial charge on any atom is 0.586 e. The number of pyridine rings is 1. The summed E-state index contributed by atoms with van der Waals surface area (Å²) in [4.78, 5) is 20.9. The molecule has 1 atom stereocenters. The summed E-state index contributed by atoms with van der Waals surface area (Å²) in [5.74, 6) is -2.69. The van der Waals surface area contributed by atoms with Crippen LogP contribution in [0, 0.1) is 0 Å². The van der Waals surface area contributed by atoms with Crippen molar-refractivity contribution in [1.29, 1.82) is 0 Å². The summed E-state index contributed by atoms with van der Waals surface area (Å²) in [5, 5.41) is 12.2. The average molecular weight is 627 g/mol. The van der Waals surface area contributed by atoms with Crippen LogP contribution in [0.15, 0.2) is 59.6 Å². The lowest BCUT2D eigenvalue weighted by Gasteiger charge is -2.18. The minimum absolute atomic E-state index is 0.00646. The van der Waals surface area contributed by atoms with Crippen molar-refractivity contribution in [1.82, 2.24) is 19.9 Å². The Kier molecular flexibility index (Phi) is 7.77. The summed E-state index contributed by atoms with van der Waals surface area (Å²) in [6.45, 7) is 0.723. The molecule has 16 heteroatoms. The van der Waals surface area contributed by atoms with Gasteiger partial charge in [-0.15, -0.1) is 8.78 Å². The first kappa shape index (κ1) is 30.2. The fraction of sp³-hybridized carbons (Fsp3) is 0.296. The number of imidazole rings is 1. The first-order valence-corrected chi connectivity index (χ1v) is 14.4. The van der Waals surface area contributed by atoms with Crippen LogP contribution in [0.5, 0.6) is 11.5 Å². The van der Waals surface area contributed by atoms with Gasteiger partial charge < -0.3 is 24.5 Å².